The van der Waals surface area contributed by atoms with E-state index in [1.807, 2.05) is 54.7 Å². The fourth-order valence-corrected chi connectivity index (χ4v) is 4.29. The van der Waals surface area contributed by atoms with Gasteiger partial charge in [-0.05, 0) is 44.0 Å². The van der Waals surface area contributed by atoms with E-state index in [2.05, 4.69) is 22.9 Å². The molecule has 164 valence electrons. The Kier molecular flexibility index (Phi) is 6.91. The second-order valence-electron chi connectivity index (χ2n) is 8.43. The summed E-state index contributed by atoms with van der Waals surface area (Å²) in [7, 11) is 0. The molecule has 0 spiro atoms. The Morgan fingerprint density at radius 1 is 1.16 bits per heavy atom. The summed E-state index contributed by atoms with van der Waals surface area (Å²) < 4.78 is 8.01. The molecule has 1 saturated carbocycles. The largest absolute Gasteiger partial charge is 0.492 e. The number of aromatic nitrogens is 1. The van der Waals surface area contributed by atoms with E-state index in [9.17, 15) is 10.1 Å². The van der Waals surface area contributed by atoms with Crippen molar-refractivity contribution in [3.8, 4) is 11.8 Å². The van der Waals surface area contributed by atoms with Crippen LogP contribution in [-0.2, 0) is 11.3 Å². The van der Waals surface area contributed by atoms with Crippen molar-refractivity contribution in [2.45, 2.75) is 51.6 Å². The number of ether oxygens (including phenoxy) is 1. The standard InChI is InChI=1S/C27H29N3O2/c1-20-11-13-24(14-12-20)32-16-15-30-19-22(25-9-5-6-10-26(25)30)17-21(18-28)27(31)29-23-7-3-2-4-8-23/h5-6,9-14,17,19,23H,2-4,7-8,15-16H2,1H3,(H,29,31)/b21-17+. The molecule has 5 nitrogen and oxygen atoms in total. The zero-order chi connectivity index (χ0) is 22.3. The molecule has 1 aliphatic rings. The zero-order valence-electron chi connectivity index (χ0n) is 18.5. The van der Waals surface area contributed by atoms with Gasteiger partial charge in [-0.25, -0.2) is 0 Å². The highest BCUT2D eigenvalue weighted by Gasteiger charge is 2.18. The number of hydrogen-bond donors (Lipinski definition) is 1. The maximum atomic E-state index is 12.7. The van der Waals surface area contributed by atoms with E-state index in [1.54, 1.807) is 6.08 Å². The lowest BCUT2D eigenvalue weighted by molar-refractivity contribution is -0.117. The maximum Gasteiger partial charge on any atom is 0.262 e. The number of nitrogens with one attached hydrogen (secondary N) is 1. The number of fused-ring (bicyclic) bond motifs is 1. The van der Waals surface area contributed by atoms with Crippen molar-refractivity contribution in [3.05, 3.63) is 71.4 Å². The van der Waals surface area contributed by atoms with E-state index in [4.69, 9.17) is 4.74 Å². The molecule has 2 aromatic carbocycles. The molecule has 1 heterocycles. The molecule has 0 saturated heterocycles. The zero-order valence-corrected chi connectivity index (χ0v) is 18.5. The summed E-state index contributed by atoms with van der Waals surface area (Å²) in [6, 6.07) is 18.3. The highest BCUT2D eigenvalue weighted by atomic mass is 16.5. The van der Waals surface area contributed by atoms with Crippen LogP contribution in [0.3, 0.4) is 0 Å². The van der Waals surface area contributed by atoms with Crippen molar-refractivity contribution in [1.29, 1.82) is 5.26 Å². The molecular formula is C27H29N3O2. The first-order valence-corrected chi connectivity index (χ1v) is 11.3. The van der Waals surface area contributed by atoms with Crippen LogP contribution in [0.25, 0.3) is 17.0 Å². The molecule has 0 unspecified atom stereocenters. The minimum atomic E-state index is -0.279. The van der Waals surface area contributed by atoms with Gasteiger partial charge in [0, 0.05) is 28.7 Å². The normalized spacial score (nSPS) is 14.8. The van der Waals surface area contributed by atoms with Crippen LogP contribution in [0.1, 0.15) is 43.2 Å². The van der Waals surface area contributed by atoms with Crippen LogP contribution < -0.4 is 10.1 Å². The number of benzene rings is 2. The van der Waals surface area contributed by atoms with Gasteiger partial charge in [0.25, 0.3) is 5.91 Å². The van der Waals surface area contributed by atoms with E-state index in [1.165, 1.54) is 12.0 Å². The third-order valence-corrected chi connectivity index (χ3v) is 6.05. The third-order valence-electron chi connectivity index (χ3n) is 6.05. The van der Waals surface area contributed by atoms with Crippen LogP contribution in [-0.4, -0.2) is 23.1 Å². The van der Waals surface area contributed by atoms with Crippen LogP contribution in [0.15, 0.2) is 60.3 Å². The number of para-hydroxylation sites is 1. The number of carbonyl (C=O) groups excluding carboxylic acids is 1. The van der Waals surface area contributed by atoms with E-state index in [0.717, 1.165) is 47.9 Å². The summed E-state index contributed by atoms with van der Waals surface area (Å²) in [5.41, 5.74) is 3.27. The quantitative estimate of drug-likeness (QED) is 0.406. The fourth-order valence-electron chi connectivity index (χ4n) is 4.29. The lowest BCUT2D eigenvalue weighted by Crippen LogP contribution is -2.36. The molecule has 1 fully saturated rings. The predicted octanol–water partition coefficient (Wildman–Crippen LogP) is 5.38. The second kappa shape index (κ2) is 10.2. The molecule has 0 radical (unpaired) electrons. The van der Waals surface area contributed by atoms with Gasteiger partial charge >= 0.3 is 0 Å². The highest BCUT2D eigenvalue weighted by molar-refractivity contribution is 6.04. The van der Waals surface area contributed by atoms with Crippen LogP contribution in [0.5, 0.6) is 5.75 Å². The average molecular weight is 428 g/mol. The molecule has 0 bridgehead atoms. The maximum absolute atomic E-state index is 12.7. The third kappa shape index (κ3) is 5.20. The Balaban J connectivity index is 1.51. The van der Waals surface area contributed by atoms with E-state index in [0.29, 0.717) is 13.2 Å². The van der Waals surface area contributed by atoms with E-state index >= 15 is 0 Å². The molecule has 1 N–H and O–H groups in total. The van der Waals surface area contributed by atoms with Gasteiger partial charge in [-0.15, -0.1) is 0 Å². The van der Waals surface area contributed by atoms with E-state index < -0.39 is 0 Å². The summed E-state index contributed by atoms with van der Waals surface area (Å²) >= 11 is 0. The molecule has 1 aromatic heterocycles. The first kappa shape index (κ1) is 21.7. The van der Waals surface area contributed by atoms with Crippen molar-refractivity contribution in [2.24, 2.45) is 0 Å². The summed E-state index contributed by atoms with van der Waals surface area (Å²) in [5.74, 6) is 0.567. The van der Waals surface area contributed by atoms with Gasteiger partial charge in [-0.1, -0.05) is 55.2 Å². The topological polar surface area (TPSA) is 67.0 Å². The number of carbonyl (C=O) groups is 1. The number of hydrogen-bond acceptors (Lipinski definition) is 3. The van der Waals surface area contributed by atoms with Gasteiger partial charge in [-0.3, -0.25) is 4.79 Å². The van der Waals surface area contributed by atoms with Gasteiger partial charge in [0.15, 0.2) is 0 Å². The monoisotopic (exact) mass is 427 g/mol. The lowest BCUT2D eigenvalue weighted by Gasteiger charge is -2.22. The minimum Gasteiger partial charge on any atom is -0.492 e. The van der Waals surface area contributed by atoms with E-state index in [-0.39, 0.29) is 17.5 Å². The Labute approximate surface area is 189 Å². The Hall–Kier alpha value is -3.52. The van der Waals surface area contributed by atoms with Crippen molar-refractivity contribution >= 4 is 22.9 Å². The number of aryl methyl sites for hydroxylation is 1. The number of nitriles is 1. The van der Waals surface area contributed by atoms with Crippen molar-refractivity contribution in [1.82, 2.24) is 9.88 Å². The molecule has 0 atom stereocenters. The Morgan fingerprint density at radius 3 is 2.66 bits per heavy atom. The summed E-state index contributed by atoms with van der Waals surface area (Å²) in [6.45, 7) is 3.24. The SMILES string of the molecule is Cc1ccc(OCCn2cc(/C=C(\C#N)C(=O)NC3CCCCC3)c3ccccc32)cc1. The van der Waals surface area contributed by atoms with Crippen LogP contribution >= 0.6 is 0 Å². The van der Waals surface area contributed by atoms with Crippen molar-refractivity contribution in [3.63, 3.8) is 0 Å². The molecule has 3 aromatic rings. The molecule has 0 aliphatic heterocycles. The van der Waals surface area contributed by atoms with Crippen LogP contribution in [0.2, 0.25) is 0 Å². The van der Waals surface area contributed by atoms with Gasteiger partial charge < -0.3 is 14.6 Å². The summed E-state index contributed by atoms with van der Waals surface area (Å²) in [5, 5.41) is 13.7. The highest BCUT2D eigenvalue weighted by Crippen LogP contribution is 2.24. The molecule has 4 rings (SSSR count). The van der Waals surface area contributed by atoms with Gasteiger partial charge in [0.05, 0.1) is 6.54 Å². The van der Waals surface area contributed by atoms with Gasteiger partial charge in [0.1, 0.15) is 24.0 Å². The summed E-state index contributed by atoms with van der Waals surface area (Å²) in [6.07, 6.45) is 9.17. The van der Waals surface area contributed by atoms with Gasteiger partial charge in [-0.2, -0.15) is 5.26 Å². The second-order valence-corrected chi connectivity index (χ2v) is 8.43. The van der Waals surface area contributed by atoms with Crippen LogP contribution in [0, 0.1) is 18.3 Å². The minimum absolute atomic E-state index is 0.148. The lowest BCUT2D eigenvalue weighted by atomic mass is 9.95. The fraction of sp³-hybridized carbons (Fsp3) is 0.333. The van der Waals surface area contributed by atoms with Crippen LogP contribution in [0.4, 0.5) is 0 Å². The number of amides is 1. The molecule has 1 amide bonds. The molecule has 32 heavy (non-hydrogen) atoms. The number of nitrogens with zero attached hydrogens (tertiary/aromatic N) is 2. The molecular weight excluding hydrogens is 398 g/mol. The van der Waals surface area contributed by atoms with Crippen molar-refractivity contribution < 1.29 is 9.53 Å². The molecule has 1 aliphatic carbocycles. The average Bonchev–Trinajstić information content (AvgIpc) is 3.17. The van der Waals surface area contributed by atoms with Gasteiger partial charge in [0.2, 0.25) is 0 Å². The Bertz CT molecular complexity index is 1150. The summed E-state index contributed by atoms with van der Waals surface area (Å²) in [4.78, 5) is 12.7. The Morgan fingerprint density at radius 2 is 1.91 bits per heavy atom. The smallest absolute Gasteiger partial charge is 0.262 e. The first-order valence-electron chi connectivity index (χ1n) is 11.3. The number of rotatable bonds is 7. The first-order chi connectivity index (χ1) is 15.6. The predicted molar refractivity (Wildman–Crippen MR) is 127 cm³/mol. The van der Waals surface area contributed by atoms with Crippen molar-refractivity contribution in [2.75, 3.05) is 6.61 Å². The molecule has 5 heteroatoms.